The molecule has 0 bridgehead atoms. The Balaban J connectivity index is 1.28. The molecule has 0 spiro atoms. The summed E-state index contributed by atoms with van der Waals surface area (Å²) in [6.45, 7) is 28.5. The van der Waals surface area contributed by atoms with Gasteiger partial charge < -0.3 is 113 Å². The number of ketones is 3. The Labute approximate surface area is 711 Å². The average Bonchev–Trinajstić information content (AvgIpc) is 0.818. The molecule has 5 rings (SSSR count). The second kappa shape index (κ2) is 54.9. The van der Waals surface area contributed by atoms with E-state index >= 15 is 0 Å². The molecule has 36 nitrogen and oxygen atoms in total. The molecule has 4 unspecified atom stereocenters. The first-order chi connectivity index (χ1) is 57.5. The summed E-state index contributed by atoms with van der Waals surface area (Å²) in [6.07, 6.45) is -5.46. The van der Waals surface area contributed by atoms with Crippen LogP contribution in [0.5, 0.6) is 0 Å². The van der Waals surface area contributed by atoms with E-state index in [2.05, 4.69) is 45.7 Å². The highest BCUT2D eigenvalue weighted by Gasteiger charge is 2.47. The van der Waals surface area contributed by atoms with Gasteiger partial charge in [0.2, 0.25) is 23.6 Å². The molecule has 0 aromatic heterocycles. The van der Waals surface area contributed by atoms with Crippen molar-refractivity contribution in [3.05, 3.63) is 34.9 Å². The molecule has 8 N–H and O–H groups in total. The van der Waals surface area contributed by atoms with Gasteiger partial charge in [-0.15, -0.1) is 0 Å². The Morgan fingerprint density at radius 3 is 1.32 bits per heavy atom. The zero-order chi connectivity index (χ0) is 89.4. The van der Waals surface area contributed by atoms with Crippen LogP contribution in [0.3, 0.4) is 0 Å². The van der Waals surface area contributed by atoms with Crippen molar-refractivity contribution >= 4 is 76.7 Å². The molecule has 1 aromatic carbocycles. The minimum absolute atomic E-state index is 0.00318. The molecular formula is C85H137N7O29. The minimum Gasteiger partial charge on any atom is -0.463 e. The minimum atomic E-state index is -1.36. The molecule has 1 aromatic rings. The predicted octanol–water partition coefficient (Wildman–Crippen LogP) is 4.24. The third-order valence-corrected chi connectivity index (χ3v) is 22.8. The number of hydrogen-bond acceptors (Lipinski definition) is 30. The van der Waals surface area contributed by atoms with E-state index in [9.17, 15) is 62.3 Å². The summed E-state index contributed by atoms with van der Waals surface area (Å²) in [5.41, 5.74) is 5.59. The van der Waals surface area contributed by atoms with Gasteiger partial charge in [0.25, 0.3) is 11.8 Å². The number of benzene rings is 1. The molecule has 0 aliphatic carbocycles. The average molecular weight is 1720 g/mol. The standard InChI is InChI=1S/C85H137N7O29/c1-17-71-50(4)52(6)76(89-57(11)93)84(118-71)112-39-35-108-30-26-87-75(102)25-24-68(70(101)21-19-29-107-33-38-113-85-77(90-58(12)94)53(7)51(5)73(120-85)46-115-60(14)96)91-79(103)64-40-63(42-67(100)44-86)41-65(43-64)80(104)92-69(81(105)88-27-31-109-34-37-110-82-55(9)48(2)49(3)72(119-82)45-114-59(13)95)23-22-66(99)20-18-28-106-32-36-111-83-56(10)54(8)78(117-62(16)98)74(121-83)47-116-61(15)97/h40-41,43,48-56,68-69,71-74,76-78,82-85H,17-39,42,44-47,86H2,1-16H3,(H,87,102)(H,88,105)(H,89,93)(H,90,94)(H,91,103)(H,92,104)/t48-,49+,50+,51+,52-,53-,54+,55+,56+,68+,69+,71+,72+,73+,74+,76+,77+,78+,82?,83?,84?,85?/m0/s1. The third-order valence-electron chi connectivity index (χ3n) is 22.8. The van der Waals surface area contributed by atoms with E-state index in [4.69, 9.17) is 81.5 Å². The van der Waals surface area contributed by atoms with Gasteiger partial charge in [0, 0.05) is 129 Å². The molecular weight excluding hydrogens is 1580 g/mol. The fourth-order valence-corrected chi connectivity index (χ4v) is 14.9. The Kier molecular flexibility index (Phi) is 47.2. The number of nitrogens with two attached hydrogens (primary N) is 1. The van der Waals surface area contributed by atoms with Crippen molar-refractivity contribution in [2.24, 2.45) is 59.0 Å². The highest BCUT2D eigenvalue weighted by molar-refractivity contribution is 6.03. The first kappa shape index (κ1) is 104. The Hall–Kier alpha value is -7.59. The van der Waals surface area contributed by atoms with Crippen LogP contribution in [0.15, 0.2) is 18.2 Å². The van der Waals surface area contributed by atoms with Gasteiger partial charge in [-0.25, -0.2) is 0 Å². The smallest absolute Gasteiger partial charge is 0.303 e. The maximum Gasteiger partial charge on any atom is 0.303 e. The van der Waals surface area contributed by atoms with Crippen LogP contribution in [0, 0.1) is 53.3 Å². The number of ether oxygens (including phenoxy) is 16. The number of Topliss-reactive ketones (excluding diaryl/α,β-unsaturated/α-hetero) is 3. The first-order valence-electron chi connectivity index (χ1n) is 42.6. The monoisotopic (exact) mass is 1720 g/mol. The van der Waals surface area contributed by atoms with E-state index in [1.807, 2.05) is 55.4 Å². The van der Waals surface area contributed by atoms with Crippen LogP contribution in [0.2, 0.25) is 0 Å². The summed E-state index contributed by atoms with van der Waals surface area (Å²) >= 11 is 0. The normalized spacial score (nSPS) is 27.0. The number of amides is 6. The van der Waals surface area contributed by atoms with Crippen molar-refractivity contribution in [1.29, 1.82) is 0 Å². The number of nitrogens with one attached hydrogen (secondary N) is 6. The van der Waals surface area contributed by atoms with E-state index in [-0.39, 0.29) is 276 Å². The van der Waals surface area contributed by atoms with Crippen LogP contribution >= 0.6 is 0 Å². The first-order valence-corrected chi connectivity index (χ1v) is 42.6. The lowest BCUT2D eigenvalue weighted by molar-refractivity contribution is -0.275. The van der Waals surface area contributed by atoms with Crippen molar-refractivity contribution < 1.29 is 138 Å². The van der Waals surface area contributed by atoms with Gasteiger partial charge in [0.05, 0.1) is 109 Å². The summed E-state index contributed by atoms with van der Waals surface area (Å²) in [7, 11) is 0. The van der Waals surface area contributed by atoms with Gasteiger partial charge in [0.15, 0.2) is 36.7 Å². The van der Waals surface area contributed by atoms with Crippen LogP contribution < -0.4 is 37.6 Å². The Morgan fingerprint density at radius 1 is 0.413 bits per heavy atom. The van der Waals surface area contributed by atoms with Crippen LogP contribution in [0.4, 0.5) is 0 Å². The van der Waals surface area contributed by atoms with Gasteiger partial charge in [-0.05, 0) is 91.4 Å². The van der Waals surface area contributed by atoms with Gasteiger partial charge in [-0.3, -0.25) is 62.3 Å². The SMILES string of the molecule is CC[C@H]1OC(OCCOCCNC(=O)CC[C@@H](NC(=O)c2cc(CC(=O)CN)cc(C(=O)N[C@H](CCC(=O)CCCOCCOC3O[C@H](COC(C)=O)[C@H](OC(C)=O)[C@H](C)[C@H]3C)C(=O)NCCOCCOC3O[C@H](COC(C)=O)[C@H](C)[C@H](C)[C@H]3C)c2)C(=O)CCCOCCOC2O[C@H](COC(C)=O)[C@H](C)[C@H](C)[C@H]2NC(C)=O)[C@H](NC(C)=O)[C@@H](C)[C@H]1C. The van der Waals surface area contributed by atoms with Gasteiger partial charge in [0.1, 0.15) is 43.9 Å². The second-order valence-electron chi connectivity index (χ2n) is 32.0. The lowest BCUT2D eigenvalue weighted by Gasteiger charge is -2.44. The molecule has 22 atom stereocenters. The molecule has 0 radical (unpaired) electrons. The molecule has 0 saturated carbocycles. The van der Waals surface area contributed by atoms with Crippen molar-refractivity contribution in [1.82, 2.24) is 31.9 Å². The molecule has 4 heterocycles. The van der Waals surface area contributed by atoms with Crippen LogP contribution in [-0.4, -0.2) is 275 Å². The van der Waals surface area contributed by atoms with Gasteiger partial charge in [-0.1, -0.05) is 69.2 Å². The van der Waals surface area contributed by atoms with Crippen molar-refractivity contribution in [2.75, 3.05) is 119 Å². The van der Waals surface area contributed by atoms with E-state index < -0.39 is 127 Å². The van der Waals surface area contributed by atoms with Gasteiger partial charge in [-0.2, -0.15) is 0 Å². The van der Waals surface area contributed by atoms with Gasteiger partial charge >= 0.3 is 23.9 Å². The highest BCUT2D eigenvalue weighted by atomic mass is 16.7. The molecule has 6 amide bonds. The lowest BCUT2D eigenvalue weighted by atomic mass is 9.79. The van der Waals surface area contributed by atoms with E-state index in [0.29, 0.717) is 0 Å². The molecule has 4 aliphatic rings. The fraction of sp³-hybridized carbons (Fsp3) is 0.776. The number of carbonyl (C=O) groups is 13. The van der Waals surface area contributed by atoms with E-state index in [1.54, 1.807) is 0 Å². The summed E-state index contributed by atoms with van der Waals surface area (Å²) < 4.78 is 93.5. The highest BCUT2D eigenvalue weighted by Crippen LogP contribution is 2.38. The van der Waals surface area contributed by atoms with Crippen molar-refractivity contribution in [3.63, 3.8) is 0 Å². The number of carbonyl (C=O) groups excluding carboxylic acids is 13. The van der Waals surface area contributed by atoms with Crippen LogP contribution in [0.25, 0.3) is 0 Å². The maximum absolute atomic E-state index is 14.7. The molecule has 121 heavy (non-hydrogen) atoms. The largest absolute Gasteiger partial charge is 0.463 e. The quantitative estimate of drug-likeness (QED) is 0.0272. The second-order valence-corrected chi connectivity index (χ2v) is 32.0. The summed E-state index contributed by atoms with van der Waals surface area (Å²) in [6, 6.07) is 0.363. The zero-order valence-corrected chi connectivity index (χ0v) is 73.6. The van der Waals surface area contributed by atoms with E-state index in [1.165, 1.54) is 59.7 Å². The summed E-state index contributed by atoms with van der Waals surface area (Å²) in [4.78, 5) is 169. The number of hydrogen-bond donors (Lipinski definition) is 7. The number of esters is 4. The molecule has 36 heteroatoms. The zero-order valence-electron chi connectivity index (χ0n) is 73.6. The fourth-order valence-electron chi connectivity index (χ4n) is 14.9. The Morgan fingerprint density at radius 2 is 0.835 bits per heavy atom. The molecule has 686 valence electrons. The molecule has 4 saturated heterocycles. The number of rotatable bonds is 55. The lowest BCUT2D eigenvalue weighted by Crippen LogP contribution is -2.58. The molecule has 4 fully saturated rings. The molecule has 4 aliphatic heterocycles. The van der Waals surface area contributed by atoms with Crippen LogP contribution in [0.1, 0.15) is 195 Å². The summed E-state index contributed by atoms with van der Waals surface area (Å²) in [5, 5.41) is 16.9. The van der Waals surface area contributed by atoms with E-state index in [0.717, 1.165) is 6.42 Å². The topological polar surface area (TPSA) is 468 Å². The third kappa shape index (κ3) is 36.6. The van der Waals surface area contributed by atoms with Crippen LogP contribution in [-0.2, 0) is 135 Å². The van der Waals surface area contributed by atoms with Crippen molar-refractivity contribution in [2.45, 2.75) is 255 Å². The Bertz CT molecular complexity index is 3460. The maximum atomic E-state index is 14.7. The summed E-state index contributed by atoms with van der Waals surface area (Å²) in [5.74, 6) is -6.74. The van der Waals surface area contributed by atoms with Crippen molar-refractivity contribution in [3.8, 4) is 0 Å². The predicted molar refractivity (Wildman–Crippen MR) is 435 cm³/mol.